The highest BCUT2D eigenvalue weighted by Crippen LogP contribution is 2.43. The molecule has 0 spiro atoms. The minimum absolute atomic E-state index is 0.0507. The standard InChI is InChI=1S/C43H81N2O6P/c1-6-8-10-12-14-16-18-20-21-22-23-24-25-27-29-31-33-35-37-43(47)44-41(40-51-52(48,49)50-39-38-45(3,4)5)42(46)36-34-32-30-28-26-19-17-15-13-11-9-7-2/h13,15,23-24,26,28,34,36,41-42,46H,6-12,14,16-22,25,27,29-33,35,37-40H2,1-5H3,(H-,44,47,48,49)/p+1/b15-13+,24-23-,28-26+,36-34+. The predicted octanol–water partition coefficient (Wildman–Crippen LogP) is 11.3. The van der Waals surface area contributed by atoms with Crippen molar-refractivity contribution in [3.05, 3.63) is 48.6 Å². The van der Waals surface area contributed by atoms with Gasteiger partial charge in [-0.2, -0.15) is 0 Å². The lowest BCUT2D eigenvalue weighted by atomic mass is 10.1. The highest BCUT2D eigenvalue weighted by molar-refractivity contribution is 7.47. The number of rotatable bonds is 37. The third-order valence-electron chi connectivity index (χ3n) is 9.00. The molecular formula is C43H82N2O6P+. The lowest BCUT2D eigenvalue weighted by molar-refractivity contribution is -0.870. The fourth-order valence-corrected chi connectivity index (χ4v) is 6.32. The molecule has 3 unspecified atom stereocenters. The summed E-state index contributed by atoms with van der Waals surface area (Å²) in [4.78, 5) is 23.0. The van der Waals surface area contributed by atoms with Crippen molar-refractivity contribution in [3.8, 4) is 0 Å². The van der Waals surface area contributed by atoms with Crippen molar-refractivity contribution in [2.45, 2.75) is 180 Å². The first-order valence-electron chi connectivity index (χ1n) is 21.0. The number of aliphatic hydroxyl groups is 1. The molecule has 8 nitrogen and oxygen atoms in total. The van der Waals surface area contributed by atoms with Crippen molar-refractivity contribution in [2.75, 3.05) is 40.9 Å². The normalized spacial score (nSPS) is 15.0. The Labute approximate surface area is 320 Å². The number of nitrogens with zero attached hydrogens (tertiary/aromatic N) is 1. The number of hydrogen-bond acceptors (Lipinski definition) is 5. The Balaban J connectivity index is 4.49. The van der Waals surface area contributed by atoms with Crippen LogP contribution in [0.15, 0.2) is 48.6 Å². The lowest BCUT2D eigenvalue weighted by Crippen LogP contribution is -2.45. The zero-order valence-corrected chi connectivity index (χ0v) is 35.2. The third kappa shape index (κ3) is 36.8. The van der Waals surface area contributed by atoms with Gasteiger partial charge in [-0.3, -0.25) is 13.8 Å². The summed E-state index contributed by atoms with van der Waals surface area (Å²) in [5, 5.41) is 13.7. The molecule has 0 aliphatic rings. The molecule has 0 aliphatic carbocycles. The van der Waals surface area contributed by atoms with Gasteiger partial charge in [0, 0.05) is 6.42 Å². The maximum atomic E-state index is 12.8. The number of amides is 1. The van der Waals surface area contributed by atoms with E-state index in [0.29, 0.717) is 17.4 Å². The summed E-state index contributed by atoms with van der Waals surface area (Å²) < 4.78 is 23.5. The fraction of sp³-hybridized carbons (Fsp3) is 0.791. The summed E-state index contributed by atoms with van der Waals surface area (Å²) >= 11 is 0. The van der Waals surface area contributed by atoms with Gasteiger partial charge in [0.25, 0.3) is 0 Å². The second kappa shape index (κ2) is 35.2. The molecule has 0 aromatic heterocycles. The van der Waals surface area contributed by atoms with Crippen LogP contribution in [0.5, 0.6) is 0 Å². The number of likely N-dealkylation sites (N-methyl/N-ethyl adjacent to an activating group) is 1. The Morgan fingerprint density at radius 3 is 1.60 bits per heavy atom. The van der Waals surface area contributed by atoms with E-state index >= 15 is 0 Å². The Bertz CT molecular complexity index is 991. The van der Waals surface area contributed by atoms with Crippen molar-refractivity contribution in [2.24, 2.45) is 0 Å². The van der Waals surface area contributed by atoms with Crippen LogP contribution in [0.25, 0.3) is 0 Å². The Kier molecular flexibility index (Phi) is 34.1. The molecular weight excluding hydrogens is 671 g/mol. The Hall–Kier alpha value is -1.54. The lowest BCUT2D eigenvalue weighted by Gasteiger charge is -2.25. The highest BCUT2D eigenvalue weighted by atomic mass is 31.2. The number of nitrogens with one attached hydrogen (secondary N) is 1. The van der Waals surface area contributed by atoms with Crippen LogP contribution in [0, 0.1) is 0 Å². The molecule has 52 heavy (non-hydrogen) atoms. The van der Waals surface area contributed by atoms with E-state index in [1.165, 1.54) is 83.5 Å². The molecule has 0 saturated heterocycles. The topological polar surface area (TPSA) is 105 Å². The van der Waals surface area contributed by atoms with Crippen LogP contribution in [0.3, 0.4) is 0 Å². The Morgan fingerprint density at radius 1 is 0.635 bits per heavy atom. The predicted molar refractivity (Wildman–Crippen MR) is 221 cm³/mol. The second-order valence-electron chi connectivity index (χ2n) is 15.3. The van der Waals surface area contributed by atoms with Crippen LogP contribution in [0.1, 0.15) is 168 Å². The molecule has 0 saturated carbocycles. The molecule has 0 aliphatic heterocycles. The Morgan fingerprint density at radius 2 is 1.08 bits per heavy atom. The van der Waals surface area contributed by atoms with Gasteiger partial charge in [-0.15, -0.1) is 0 Å². The number of aliphatic hydroxyl groups excluding tert-OH is 1. The zero-order valence-electron chi connectivity index (χ0n) is 34.3. The van der Waals surface area contributed by atoms with Crippen LogP contribution in [0.4, 0.5) is 0 Å². The van der Waals surface area contributed by atoms with Crippen LogP contribution < -0.4 is 5.32 Å². The number of allylic oxidation sites excluding steroid dienone is 7. The van der Waals surface area contributed by atoms with Gasteiger partial charge in [0.15, 0.2) is 0 Å². The number of hydrogen-bond donors (Lipinski definition) is 3. The van der Waals surface area contributed by atoms with Crippen LogP contribution in [-0.4, -0.2) is 73.4 Å². The van der Waals surface area contributed by atoms with E-state index in [2.05, 4.69) is 55.6 Å². The van der Waals surface area contributed by atoms with Crippen molar-refractivity contribution in [1.29, 1.82) is 0 Å². The third-order valence-corrected chi connectivity index (χ3v) is 9.98. The van der Waals surface area contributed by atoms with Gasteiger partial charge in [-0.25, -0.2) is 4.57 Å². The molecule has 0 aromatic carbocycles. The summed E-state index contributed by atoms with van der Waals surface area (Å²) in [6.45, 7) is 4.71. The van der Waals surface area contributed by atoms with E-state index in [1.807, 2.05) is 27.2 Å². The quantitative estimate of drug-likeness (QED) is 0.0252. The molecule has 0 radical (unpaired) electrons. The molecule has 304 valence electrons. The van der Waals surface area contributed by atoms with Crippen LogP contribution in [-0.2, 0) is 18.4 Å². The van der Waals surface area contributed by atoms with Crippen LogP contribution in [0.2, 0.25) is 0 Å². The second-order valence-corrected chi connectivity index (χ2v) is 16.8. The first-order chi connectivity index (χ1) is 25.0. The van der Waals surface area contributed by atoms with Crippen molar-refractivity contribution < 1.29 is 32.9 Å². The van der Waals surface area contributed by atoms with Gasteiger partial charge in [0.1, 0.15) is 13.2 Å². The summed E-state index contributed by atoms with van der Waals surface area (Å²) in [5.41, 5.74) is 0. The molecule has 9 heteroatoms. The molecule has 0 fully saturated rings. The number of carbonyl (C=O) groups excluding carboxylic acids is 1. The van der Waals surface area contributed by atoms with E-state index in [9.17, 15) is 19.4 Å². The molecule has 0 aromatic rings. The largest absolute Gasteiger partial charge is 0.472 e. The summed E-state index contributed by atoms with van der Waals surface area (Å²) in [6.07, 6.45) is 43.2. The van der Waals surface area contributed by atoms with Gasteiger partial charge in [0.2, 0.25) is 5.91 Å². The average Bonchev–Trinajstić information content (AvgIpc) is 3.09. The highest BCUT2D eigenvalue weighted by Gasteiger charge is 2.27. The molecule has 3 atom stereocenters. The van der Waals surface area contributed by atoms with Crippen molar-refractivity contribution in [3.63, 3.8) is 0 Å². The SMILES string of the molecule is CCCC/C=C/CC/C=C/CC/C=C/C(O)C(COP(=O)(O)OCC[N+](C)(C)C)NC(=O)CCCCCCC/C=C\CCCCCCCCCCC. The maximum absolute atomic E-state index is 12.8. The number of phosphoric ester groups is 1. The van der Waals surface area contributed by atoms with Gasteiger partial charge in [-0.1, -0.05) is 146 Å². The average molecular weight is 754 g/mol. The first-order valence-corrected chi connectivity index (χ1v) is 22.5. The van der Waals surface area contributed by atoms with Gasteiger partial charge in [-0.05, 0) is 64.2 Å². The smallest absolute Gasteiger partial charge is 0.387 e. The maximum Gasteiger partial charge on any atom is 0.472 e. The van der Waals surface area contributed by atoms with Crippen molar-refractivity contribution in [1.82, 2.24) is 5.32 Å². The fourth-order valence-electron chi connectivity index (χ4n) is 5.58. The first kappa shape index (κ1) is 50.5. The molecule has 0 heterocycles. The molecule has 1 amide bonds. The van der Waals surface area contributed by atoms with E-state index < -0.39 is 20.0 Å². The van der Waals surface area contributed by atoms with Crippen LogP contribution >= 0.6 is 7.82 Å². The van der Waals surface area contributed by atoms with Gasteiger partial charge < -0.3 is 19.8 Å². The van der Waals surface area contributed by atoms with E-state index in [0.717, 1.165) is 64.2 Å². The van der Waals surface area contributed by atoms with E-state index in [1.54, 1.807) is 6.08 Å². The van der Waals surface area contributed by atoms with E-state index in [4.69, 9.17) is 9.05 Å². The van der Waals surface area contributed by atoms with E-state index in [-0.39, 0.29) is 19.1 Å². The van der Waals surface area contributed by atoms with Gasteiger partial charge >= 0.3 is 7.82 Å². The number of quaternary nitrogens is 1. The van der Waals surface area contributed by atoms with Gasteiger partial charge in [0.05, 0.1) is 39.9 Å². The summed E-state index contributed by atoms with van der Waals surface area (Å²) in [6, 6.07) is -0.872. The molecule has 3 N–H and O–H groups in total. The molecule has 0 bridgehead atoms. The summed E-state index contributed by atoms with van der Waals surface area (Å²) in [5.74, 6) is -0.203. The minimum Gasteiger partial charge on any atom is -0.387 e. The number of unbranched alkanes of at least 4 members (excludes halogenated alkanes) is 18. The zero-order chi connectivity index (χ0) is 38.6. The molecule has 0 rings (SSSR count). The summed E-state index contributed by atoms with van der Waals surface area (Å²) in [7, 11) is 1.53. The number of carbonyl (C=O) groups is 1. The monoisotopic (exact) mass is 754 g/mol. The number of phosphoric acid groups is 1. The van der Waals surface area contributed by atoms with Crippen molar-refractivity contribution >= 4 is 13.7 Å². The minimum atomic E-state index is -4.35.